The normalized spacial score (nSPS) is 11.9. The molecule has 25 heavy (non-hydrogen) atoms. The Morgan fingerprint density at radius 1 is 1.28 bits per heavy atom. The fourth-order valence-electron chi connectivity index (χ4n) is 2.55. The topological polar surface area (TPSA) is 75.1 Å². The maximum Gasteiger partial charge on any atom is 0.315 e. The van der Waals surface area contributed by atoms with Crippen LogP contribution in [0.5, 0.6) is 0 Å². The van der Waals surface area contributed by atoms with E-state index in [-0.39, 0.29) is 6.03 Å². The van der Waals surface area contributed by atoms with E-state index in [0.29, 0.717) is 19.0 Å². The molecule has 0 aromatic carbocycles. The van der Waals surface area contributed by atoms with Gasteiger partial charge in [-0.15, -0.1) is 0 Å². The first-order chi connectivity index (χ1) is 11.8. The van der Waals surface area contributed by atoms with Crippen LogP contribution < -0.4 is 15.5 Å². The molecule has 0 radical (unpaired) electrons. The number of rotatable bonds is 7. The quantitative estimate of drug-likeness (QED) is 0.806. The molecule has 0 bridgehead atoms. The van der Waals surface area contributed by atoms with E-state index < -0.39 is 0 Å². The lowest BCUT2D eigenvalue weighted by molar-refractivity contribution is 0.238. The highest BCUT2D eigenvalue weighted by Crippen LogP contribution is 2.09. The van der Waals surface area contributed by atoms with Crippen LogP contribution in [0, 0.1) is 19.8 Å². The van der Waals surface area contributed by atoms with Crippen molar-refractivity contribution >= 4 is 11.8 Å². The average molecular weight is 344 g/mol. The molecule has 2 amide bonds. The lowest BCUT2D eigenvalue weighted by atomic mass is 10.2. The maximum atomic E-state index is 12.0. The number of urea groups is 1. The number of aromatic nitrogens is 3. The van der Waals surface area contributed by atoms with E-state index in [1.807, 2.05) is 49.7 Å². The number of nitrogens with zero attached hydrogens (tertiary/aromatic N) is 4. The molecular formula is C18H28N6O. The minimum absolute atomic E-state index is 0.163. The Hall–Kier alpha value is -2.57. The first-order valence-corrected chi connectivity index (χ1v) is 8.50. The third-order valence-corrected chi connectivity index (χ3v) is 3.92. The molecule has 2 aromatic heterocycles. The Kier molecular flexibility index (Phi) is 6.38. The van der Waals surface area contributed by atoms with Crippen molar-refractivity contribution in [1.29, 1.82) is 0 Å². The molecule has 0 unspecified atom stereocenters. The van der Waals surface area contributed by atoms with Crippen LogP contribution in [0.25, 0.3) is 0 Å². The zero-order chi connectivity index (χ0) is 18.4. The van der Waals surface area contributed by atoms with Gasteiger partial charge in [0.25, 0.3) is 0 Å². The Bertz CT molecular complexity index is 709. The van der Waals surface area contributed by atoms with Gasteiger partial charge in [-0.05, 0) is 43.5 Å². The van der Waals surface area contributed by atoms with Crippen molar-refractivity contribution in [3.63, 3.8) is 0 Å². The van der Waals surface area contributed by atoms with Crippen LogP contribution in [0.4, 0.5) is 10.6 Å². The molecule has 2 heterocycles. The van der Waals surface area contributed by atoms with Crippen LogP contribution in [0.2, 0.25) is 0 Å². The zero-order valence-corrected chi connectivity index (χ0v) is 15.7. The summed E-state index contributed by atoms with van der Waals surface area (Å²) in [4.78, 5) is 18.2. The molecule has 0 aliphatic rings. The number of carbonyl (C=O) groups is 1. The molecule has 0 aliphatic carbocycles. The molecule has 0 saturated carbocycles. The number of amides is 2. The summed E-state index contributed by atoms with van der Waals surface area (Å²) in [5, 5.41) is 10.3. The van der Waals surface area contributed by atoms with Gasteiger partial charge < -0.3 is 15.5 Å². The molecule has 7 heteroatoms. The largest absolute Gasteiger partial charge is 0.363 e. The van der Waals surface area contributed by atoms with Gasteiger partial charge in [0.15, 0.2) is 0 Å². The fourth-order valence-corrected chi connectivity index (χ4v) is 2.55. The lowest BCUT2D eigenvalue weighted by Gasteiger charge is -2.15. The Labute approximate surface area is 149 Å². The number of carbonyl (C=O) groups excluding carboxylic acids is 1. The van der Waals surface area contributed by atoms with Crippen molar-refractivity contribution in [2.45, 2.75) is 33.9 Å². The summed E-state index contributed by atoms with van der Waals surface area (Å²) in [7, 11) is 3.88. The number of hydrogen-bond acceptors (Lipinski definition) is 4. The van der Waals surface area contributed by atoms with Gasteiger partial charge in [0, 0.05) is 45.6 Å². The average Bonchev–Trinajstić information content (AvgIpc) is 2.88. The Morgan fingerprint density at radius 2 is 2.04 bits per heavy atom. The fraction of sp³-hybridized carbons (Fsp3) is 0.500. The van der Waals surface area contributed by atoms with Crippen LogP contribution in [0.15, 0.2) is 24.4 Å². The van der Waals surface area contributed by atoms with Gasteiger partial charge in [0.2, 0.25) is 0 Å². The molecule has 0 spiro atoms. The molecule has 136 valence electrons. The second-order valence-electron chi connectivity index (χ2n) is 6.69. The number of anilines is 1. The van der Waals surface area contributed by atoms with Crippen molar-refractivity contribution in [1.82, 2.24) is 25.4 Å². The van der Waals surface area contributed by atoms with Gasteiger partial charge in [-0.3, -0.25) is 4.68 Å². The smallest absolute Gasteiger partial charge is 0.315 e. The van der Waals surface area contributed by atoms with E-state index in [1.54, 1.807) is 6.20 Å². The van der Waals surface area contributed by atoms with Crippen molar-refractivity contribution in [3.05, 3.63) is 41.3 Å². The SMILES string of the molecule is Cc1cc(C)n(C[C@H](C)CNC(=O)NCc2ccnc(N(C)C)c2)n1. The first-order valence-electron chi connectivity index (χ1n) is 8.50. The third-order valence-electron chi connectivity index (χ3n) is 3.92. The molecule has 0 saturated heterocycles. The lowest BCUT2D eigenvalue weighted by Crippen LogP contribution is -2.38. The van der Waals surface area contributed by atoms with Gasteiger partial charge >= 0.3 is 6.03 Å². The van der Waals surface area contributed by atoms with Crippen LogP contribution >= 0.6 is 0 Å². The predicted molar refractivity (Wildman–Crippen MR) is 99.7 cm³/mol. The zero-order valence-electron chi connectivity index (χ0n) is 15.7. The van der Waals surface area contributed by atoms with E-state index in [2.05, 4.69) is 33.7 Å². The molecule has 2 rings (SSSR count). The van der Waals surface area contributed by atoms with Crippen LogP contribution in [0.3, 0.4) is 0 Å². The van der Waals surface area contributed by atoms with Crippen molar-refractivity contribution in [2.24, 2.45) is 5.92 Å². The number of hydrogen-bond donors (Lipinski definition) is 2. The van der Waals surface area contributed by atoms with Crippen LogP contribution in [-0.4, -0.2) is 41.4 Å². The molecule has 7 nitrogen and oxygen atoms in total. The van der Waals surface area contributed by atoms with Gasteiger partial charge in [-0.25, -0.2) is 9.78 Å². The molecule has 0 aliphatic heterocycles. The van der Waals surface area contributed by atoms with E-state index in [4.69, 9.17) is 0 Å². The highest BCUT2D eigenvalue weighted by molar-refractivity contribution is 5.73. The minimum Gasteiger partial charge on any atom is -0.363 e. The van der Waals surface area contributed by atoms with E-state index in [1.165, 1.54) is 0 Å². The Morgan fingerprint density at radius 3 is 2.68 bits per heavy atom. The second-order valence-corrected chi connectivity index (χ2v) is 6.69. The predicted octanol–water partition coefficient (Wildman–Crippen LogP) is 2.10. The molecule has 2 aromatic rings. The summed E-state index contributed by atoms with van der Waals surface area (Å²) in [5.41, 5.74) is 3.18. The van der Waals surface area contributed by atoms with Gasteiger partial charge in [0.05, 0.1) is 5.69 Å². The van der Waals surface area contributed by atoms with Gasteiger partial charge in [-0.1, -0.05) is 6.92 Å². The summed E-state index contributed by atoms with van der Waals surface area (Å²) >= 11 is 0. The summed E-state index contributed by atoms with van der Waals surface area (Å²) < 4.78 is 1.99. The van der Waals surface area contributed by atoms with E-state index in [0.717, 1.165) is 29.3 Å². The highest BCUT2D eigenvalue weighted by Gasteiger charge is 2.09. The van der Waals surface area contributed by atoms with Gasteiger partial charge in [0.1, 0.15) is 5.82 Å². The summed E-state index contributed by atoms with van der Waals surface area (Å²) in [6.45, 7) is 7.99. The molecule has 1 atom stereocenters. The molecular weight excluding hydrogens is 316 g/mol. The summed E-state index contributed by atoms with van der Waals surface area (Å²) in [6.07, 6.45) is 1.75. The van der Waals surface area contributed by atoms with Crippen LogP contribution in [-0.2, 0) is 13.1 Å². The highest BCUT2D eigenvalue weighted by atomic mass is 16.2. The van der Waals surface area contributed by atoms with Gasteiger partial charge in [-0.2, -0.15) is 5.10 Å². The van der Waals surface area contributed by atoms with Crippen molar-refractivity contribution in [3.8, 4) is 0 Å². The first kappa shape index (κ1) is 18.8. The standard InChI is InChI=1S/C18H28N6O/c1-13(12-24-15(3)8-14(2)22-24)10-20-18(25)21-11-16-6-7-19-17(9-16)23(4)5/h6-9,13H,10-12H2,1-5H3,(H2,20,21,25)/t13-/m1/s1. The molecule has 2 N–H and O–H groups in total. The van der Waals surface area contributed by atoms with Crippen molar-refractivity contribution in [2.75, 3.05) is 25.5 Å². The van der Waals surface area contributed by atoms with Crippen LogP contribution in [0.1, 0.15) is 23.9 Å². The second kappa shape index (κ2) is 8.50. The number of nitrogens with one attached hydrogen (secondary N) is 2. The van der Waals surface area contributed by atoms with Crippen molar-refractivity contribution < 1.29 is 4.79 Å². The monoisotopic (exact) mass is 344 g/mol. The maximum absolute atomic E-state index is 12.0. The third kappa shape index (κ3) is 5.77. The van der Waals surface area contributed by atoms with E-state index >= 15 is 0 Å². The van der Waals surface area contributed by atoms with E-state index in [9.17, 15) is 4.79 Å². The molecule has 0 fully saturated rings. The summed E-state index contributed by atoms with van der Waals surface area (Å²) in [5.74, 6) is 1.17. The minimum atomic E-state index is -0.163. The number of pyridine rings is 1. The summed E-state index contributed by atoms with van der Waals surface area (Å²) in [6, 6.07) is 5.76. The Balaban J connectivity index is 1.75. The number of aryl methyl sites for hydroxylation is 2.